The fourth-order valence-electron chi connectivity index (χ4n) is 5.29. The van der Waals surface area contributed by atoms with Crippen LogP contribution < -0.4 is 15.4 Å². The van der Waals surface area contributed by atoms with Crippen LogP contribution in [0.5, 0.6) is 5.75 Å². The molecule has 4 aromatic rings. The first-order valence-electron chi connectivity index (χ1n) is 14.4. The van der Waals surface area contributed by atoms with Crippen molar-refractivity contribution in [1.82, 2.24) is 9.21 Å². The number of nitrogens with zero attached hydrogens (tertiary/aromatic N) is 2. The summed E-state index contributed by atoms with van der Waals surface area (Å²) in [6.07, 6.45) is -0.706. The maximum absolute atomic E-state index is 13.8. The molecule has 0 saturated heterocycles. The molecule has 0 fully saturated rings. The maximum Gasteiger partial charge on any atom is 0.323 e. The molecular formula is C33H36N4O6S. The monoisotopic (exact) mass is 616 g/mol. The zero-order valence-electron chi connectivity index (χ0n) is 24.8. The molecule has 5 rings (SSSR count). The molecule has 0 radical (unpaired) electrons. The predicted octanol–water partition coefficient (Wildman–Crippen LogP) is 5.02. The quantitative estimate of drug-likeness (QED) is 0.255. The first-order valence-corrected chi connectivity index (χ1v) is 15.8. The van der Waals surface area contributed by atoms with Gasteiger partial charge in [0.15, 0.2) is 5.75 Å². The summed E-state index contributed by atoms with van der Waals surface area (Å²) < 4.78 is 34.4. The van der Waals surface area contributed by atoms with E-state index in [1.807, 2.05) is 43.3 Å². The molecule has 230 valence electrons. The molecule has 0 saturated carbocycles. The van der Waals surface area contributed by atoms with Gasteiger partial charge in [-0.2, -0.15) is 4.31 Å². The van der Waals surface area contributed by atoms with E-state index in [4.69, 9.17) is 4.74 Å². The average molecular weight is 617 g/mol. The second-order valence-electron chi connectivity index (χ2n) is 11.0. The largest absolute Gasteiger partial charge is 0.486 e. The molecular weight excluding hydrogens is 580 g/mol. The molecule has 1 heterocycles. The van der Waals surface area contributed by atoms with Crippen LogP contribution in [0.1, 0.15) is 24.2 Å². The first-order chi connectivity index (χ1) is 21.1. The second kappa shape index (κ2) is 13.0. The Morgan fingerprint density at radius 2 is 1.61 bits per heavy atom. The smallest absolute Gasteiger partial charge is 0.323 e. The van der Waals surface area contributed by atoms with Gasteiger partial charge in [0.05, 0.1) is 41.0 Å². The van der Waals surface area contributed by atoms with Crippen LogP contribution in [0.3, 0.4) is 0 Å². The van der Waals surface area contributed by atoms with Gasteiger partial charge in [0, 0.05) is 24.9 Å². The normalized spacial score (nSPS) is 17.8. The third kappa shape index (κ3) is 6.40. The van der Waals surface area contributed by atoms with E-state index in [0.717, 1.165) is 10.8 Å². The number of fused-ring (bicyclic) bond motifs is 2. The number of anilines is 2. The number of urea groups is 1. The molecule has 1 aliphatic heterocycles. The molecule has 44 heavy (non-hydrogen) atoms. The number of sulfonamides is 1. The minimum atomic E-state index is -3.83. The fraction of sp³-hybridized carbons (Fsp3) is 0.273. The molecule has 0 spiro atoms. The Morgan fingerprint density at radius 3 is 2.36 bits per heavy atom. The number of rotatable bonds is 8. The van der Waals surface area contributed by atoms with Crippen molar-refractivity contribution in [2.45, 2.75) is 30.9 Å². The lowest BCUT2D eigenvalue weighted by atomic mass is 9.99. The highest BCUT2D eigenvalue weighted by molar-refractivity contribution is 7.89. The van der Waals surface area contributed by atoms with Gasteiger partial charge >= 0.3 is 6.03 Å². The minimum absolute atomic E-state index is 0.0239. The van der Waals surface area contributed by atoms with Crippen LogP contribution >= 0.6 is 0 Å². The summed E-state index contributed by atoms with van der Waals surface area (Å²) in [6, 6.07) is 25.2. The van der Waals surface area contributed by atoms with Crippen molar-refractivity contribution in [2.75, 3.05) is 37.4 Å². The van der Waals surface area contributed by atoms with Crippen LogP contribution in [-0.2, 0) is 10.0 Å². The van der Waals surface area contributed by atoms with Gasteiger partial charge in [-0.25, -0.2) is 13.2 Å². The molecule has 10 nitrogen and oxygen atoms in total. The minimum Gasteiger partial charge on any atom is -0.486 e. The van der Waals surface area contributed by atoms with Gasteiger partial charge in [0.2, 0.25) is 10.0 Å². The molecule has 3 N–H and O–H groups in total. The van der Waals surface area contributed by atoms with Gasteiger partial charge in [0.1, 0.15) is 6.10 Å². The highest BCUT2D eigenvalue weighted by Gasteiger charge is 2.36. The van der Waals surface area contributed by atoms with Crippen LogP contribution in [0.4, 0.5) is 16.2 Å². The zero-order chi connectivity index (χ0) is 31.4. The van der Waals surface area contributed by atoms with Crippen molar-refractivity contribution in [2.24, 2.45) is 5.92 Å². The third-order valence-corrected chi connectivity index (χ3v) is 9.70. The van der Waals surface area contributed by atoms with Gasteiger partial charge in [-0.05, 0) is 42.6 Å². The molecule has 0 bridgehead atoms. The van der Waals surface area contributed by atoms with Gasteiger partial charge in [-0.1, -0.05) is 67.6 Å². The van der Waals surface area contributed by atoms with Crippen LogP contribution in [-0.4, -0.2) is 73.6 Å². The van der Waals surface area contributed by atoms with Crippen molar-refractivity contribution in [3.05, 3.63) is 96.6 Å². The zero-order valence-corrected chi connectivity index (χ0v) is 25.6. The summed E-state index contributed by atoms with van der Waals surface area (Å²) in [4.78, 5) is 28.8. The topological polar surface area (TPSA) is 128 Å². The Bertz CT molecular complexity index is 1760. The van der Waals surface area contributed by atoms with E-state index < -0.39 is 28.2 Å². The van der Waals surface area contributed by atoms with E-state index in [0.29, 0.717) is 5.69 Å². The van der Waals surface area contributed by atoms with E-state index in [1.165, 1.54) is 23.5 Å². The molecule has 0 aliphatic carbocycles. The lowest BCUT2D eigenvalue weighted by Gasteiger charge is -2.38. The predicted molar refractivity (Wildman–Crippen MR) is 170 cm³/mol. The Balaban J connectivity index is 1.48. The number of likely N-dealkylation sites (N-methyl/N-ethyl adjacent to an activating group) is 1. The summed E-state index contributed by atoms with van der Waals surface area (Å²) in [5.41, 5.74) is 1.05. The summed E-state index contributed by atoms with van der Waals surface area (Å²) in [5, 5.41) is 17.5. The lowest BCUT2D eigenvalue weighted by molar-refractivity contribution is 0.0389. The number of carbonyl (C=O) groups is 2. The summed E-state index contributed by atoms with van der Waals surface area (Å²) in [7, 11) is -2.35. The summed E-state index contributed by atoms with van der Waals surface area (Å²) in [6.45, 7) is 3.56. The van der Waals surface area contributed by atoms with E-state index >= 15 is 0 Å². The number of nitrogens with one attached hydrogen (secondary N) is 2. The molecule has 0 unspecified atom stereocenters. The molecule has 3 amide bonds. The number of aliphatic hydroxyl groups is 1. The van der Waals surface area contributed by atoms with Gasteiger partial charge in [-0.15, -0.1) is 0 Å². The number of hydrogen-bond donors (Lipinski definition) is 3. The van der Waals surface area contributed by atoms with E-state index in [1.54, 1.807) is 54.3 Å². The average Bonchev–Trinajstić information content (AvgIpc) is 3.03. The van der Waals surface area contributed by atoms with Gasteiger partial charge < -0.3 is 25.4 Å². The standard InChI is InChI=1S/C33H36N4O6S/c1-22-19-37(23(2)21-38)32(39)27-16-10-18-29(35-33(40)34-28-17-9-12-24-11-7-8-15-26(24)28)31(27)43-30(22)20-36(3)44(41,42)25-13-5-4-6-14-25/h4-18,22-23,30,38H,19-21H2,1-3H3,(H2,34,35,40)/t22-,23-,30+/m0/s1. The molecule has 11 heteroatoms. The Labute approximate surface area is 257 Å². The van der Waals surface area contributed by atoms with Crippen LogP contribution in [0.25, 0.3) is 10.8 Å². The van der Waals surface area contributed by atoms with Crippen molar-refractivity contribution in [1.29, 1.82) is 0 Å². The SMILES string of the molecule is C[C@H]1CN([C@@H](C)CO)C(=O)c2cccc(NC(=O)Nc3cccc4ccccc34)c2O[C@@H]1CN(C)S(=O)(=O)c1ccccc1. The third-order valence-electron chi connectivity index (χ3n) is 7.87. The Hall–Kier alpha value is -4.45. The first kappa shape index (κ1) is 31.0. The van der Waals surface area contributed by atoms with Gasteiger partial charge in [0.25, 0.3) is 5.91 Å². The number of aliphatic hydroxyl groups excluding tert-OH is 1. The molecule has 3 atom stereocenters. The van der Waals surface area contributed by atoms with Crippen molar-refractivity contribution >= 4 is 44.1 Å². The van der Waals surface area contributed by atoms with E-state index in [-0.39, 0.29) is 53.4 Å². The van der Waals surface area contributed by atoms with Crippen molar-refractivity contribution in [3.63, 3.8) is 0 Å². The van der Waals surface area contributed by atoms with Crippen molar-refractivity contribution in [3.8, 4) is 5.75 Å². The summed E-state index contributed by atoms with van der Waals surface area (Å²) >= 11 is 0. The van der Waals surface area contributed by atoms with Crippen LogP contribution in [0, 0.1) is 5.92 Å². The number of hydrogen-bond acceptors (Lipinski definition) is 6. The van der Waals surface area contributed by atoms with Crippen molar-refractivity contribution < 1.29 is 27.9 Å². The second-order valence-corrected chi connectivity index (χ2v) is 13.1. The van der Waals surface area contributed by atoms with E-state index in [9.17, 15) is 23.1 Å². The Kier molecular flexibility index (Phi) is 9.19. The highest BCUT2D eigenvalue weighted by Crippen LogP contribution is 2.35. The molecule has 0 aromatic heterocycles. The maximum atomic E-state index is 13.8. The van der Waals surface area contributed by atoms with Gasteiger partial charge in [-0.3, -0.25) is 4.79 Å². The number of ether oxygens (including phenoxy) is 1. The number of carbonyl (C=O) groups excluding carboxylic acids is 2. The highest BCUT2D eigenvalue weighted by atomic mass is 32.2. The number of amides is 3. The van der Waals surface area contributed by atoms with E-state index in [2.05, 4.69) is 10.6 Å². The van der Waals surface area contributed by atoms with Crippen LogP contribution in [0.2, 0.25) is 0 Å². The summed E-state index contributed by atoms with van der Waals surface area (Å²) in [5.74, 6) is -0.579. The lowest BCUT2D eigenvalue weighted by Crippen LogP contribution is -2.50. The number of benzene rings is 4. The molecule has 4 aromatic carbocycles. The van der Waals surface area contributed by atoms with Crippen LogP contribution in [0.15, 0.2) is 95.9 Å². The number of para-hydroxylation sites is 1. The fourth-order valence-corrected chi connectivity index (χ4v) is 6.50. The molecule has 1 aliphatic rings. The Morgan fingerprint density at radius 1 is 0.977 bits per heavy atom.